The highest BCUT2D eigenvalue weighted by Crippen LogP contribution is 2.12. The number of hydrogen-bond acceptors (Lipinski definition) is 3. The van der Waals surface area contributed by atoms with E-state index in [1.807, 2.05) is 0 Å². The highest BCUT2D eigenvalue weighted by Gasteiger charge is 2.37. The molecule has 1 saturated heterocycles. The monoisotopic (exact) mass is 185 g/mol. The van der Waals surface area contributed by atoms with Crippen LogP contribution >= 0.6 is 0 Å². The van der Waals surface area contributed by atoms with Crippen LogP contribution in [0.15, 0.2) is 0 Å². The molecule has 0 unspecified atom stereocenters. The lowest BCUT2D eigenvalue weighted by Gasteiger charge is -2.37. The topological polar surface area (TPSA) is 83.7 Å². The van der Waals surface area contributed by atoms with Gasteiger partial charge in [0.05, 0.1) is 0 Å². The van der Waals surface area contributed by atoms with E-state index >= 15 is 0 Å². The fraction of sp³-hybridized carbons (Fsp3) is 0.571. The van der Waals surface area contributed by atoms with Crippen LogP contribution in [0.3, 0.4) is 0 Å². The summed E-state index contributed by atoms with van der Waals surface area (Å²) >= 11 is 0. The van der Waals surface area contributed by atoms with Gasteiger partial charge in [-0.15, -0.1) is 0 Å². The van der Waals surface area contributed by atoms with E-state index in [0.717, 1.165) is 0 Å². The summed E-state index contributed by atoms with van der Waals surface area (Å²) in [6.45, 7) is 0. The van der Waals surface area contributed by atoms with Crippen LogP contribution in [0.4, 0.5) is 0 Å². The Labute approximate surface area is 75.3 Å². The summed E-state index contributed by atoms with van der Waals surface area (Å²) in [6.07, 6.45) is -1.15. The van der Waals surface area contributed by atoms with E-state index in [2.05, 4.69) is 0 Å². The minimum Gasteiger partial charge on any atom is -0.366 e. The number of hydrogen-bond donors (Lipinski definition) is 1. The number of carbonyl (C=O) groups excluding carboxylic acids is 3. The van der Waals surface area contributed by atoms with Crippen LogP contribution in [0, 0.1) is 0 Å². The first-order valence-electron chi connectivity index (χ1n) is 3.75. The van der Waals surface area contributed by atoms with Crippen LogP contribution in [0.1, 0.15) is 6.42 Å². The second-order valence-corrected chi connectivity index (χ2v) is 2.96. The van der Waals surface area contributed by atoms with Gasteiger partial charge in [-0.1, -0.05) is 0 Å². The predicted molar refractivity (Wildman–Crippen MR) is 43.1 cm³/mol. The highest BCUT2D eigenvalue weighted by atomic mass is 16.2. The van der Waals surface area contributed by atoms with E-state index < -0.39 is 12.1 Å². The lowest BCUT2D eigenvalue weighted by Crippen LogP contribution is -2.60. The zero-order chi connectivity index (χ0) is 10.2. The average Bonchev–Trinajstić information content (AvgIpc) is 2.01. The van der Waals surface area contributed by atoms with Crippen molar-refractivity contribution in [3.8, 4) is 0 Å². The number of rotatable bonds is 1. The van der Waals surface area contributed by atoms with Crippen LogP contribution in [0.25, 0.3) is 0 Å². The van der Waals surface area contributed by atoms with Gasteiger partial charge in [-0.2, -0.15) is 0 Å². The normalized spacial score (nSPS) is 19.5. The number of primary amides is 1. The molecule has 3 amide bonds. The molecule has 1 aliphatic heterocycles. The minimum absolute atomic E-state index is 0.198. The standard InChI is InChI=1S/C7H11N3O3/c1-9-4(11)3-5(12)10(2)7(9)6(8)13/h7H,3H2,1-2H3,(H2,8,13). The molecule has 1 fully saturated rings. The first-order chi connectivity index (χ1) is 5.95. The van der Waals surface area contributed by atoms with Crippen molar-refractivity contribution in [3.05, 3.63) is 0 Å². The van der Waals surface area contributed by atoms with Crippen molar-refractivity contribution in [2.75, 3.05) is 14.1 Å². The molecule has 0 aromatic rings. The molecule has 13 heavy (non-hydrogen) atoms. The quantitative estimate of drug-likeness (QED) is 0.485. The number of nitrogens with zero attached hydrogens (tertiary/aromatic N) is 2. The summed E-state index contributed by atoms with van der Waals surface area (Å²) in [7, 11) is 2.89. The van der Waals surface area contributed by atoms with Crippen molar-refractivity contribution in [2.24, 2.45) is 5.73 Å². The van der Waals surface area contributed by atoms with E-state index in [-0.39, 0.29) is 18.2 Å². The van der Waals surface area contributed by atoms with Crippen molar-refractivity contribution < 1.29 is 14.4 Å². The van der Waals surface area contributed by atoms with Crippen LogP contribution in [0.5, 0.6) is 0 Å². The number of amides is 3. The lowest BCUT2D eigenvalue weighted by molar-refractivity contribution is -0.160. The zero-order valence-corrected chi connectivity index (χ0v) is 7.48. The molecule has 1 heterocycles. The molecule has 2 N–H and O–H groups in total. The predicted octanol–water partition coefficient (Wildman–Crippen LogP) is -1.88. The van der Waals surface area contributed by atoms with Crippen molar-refractivity contribution in [1.29, 1.82) is 0 Å². The largest absolute Gasteiger partial charge is 0.366 e. The molecular formula is C7H11N3O3. The molecular weight excluding hydrogens is 174 g/mol. The Morgan fingerprint density at radius 2 is 1.69 bits per heavy atom. The number of carbonyl (C=O) groups is 3. The van der Waals surface area contributed by atoms with Crippen LogP contribution < -0.4 is 5.73 Å². The maximum Gasteiger partial charge on any atom is 0.261 e. The van der Waals surface area contributed by atoms with Gasteiger partial charge in [-0.3, -0.25) is 14.4 Å². The summed E-state index contributed by atoms with van der Waals surface area (Å²) in [5.74, 6) is -1.47. The molecule has 0 aromatic carbocycles. The fourth-order valence-corrected chi connectivity index (χ4v) is 1.29. The molecule has 0 bridgehead atoms. The average molecular weight is 185 g/mol. The zero-order valence-electron chi connectivity index (χ0n) is 7.48. The molecule has 1 aliphatic rings. The smallest absolute Gasteiger partial charge is 0.261 e. The van der Waals surface area contributed by atoms with Crippen molar-refractivity contribution in [3.63, 3.8) is 0 Å². The first kappa shape index (κ1) is 9.50. The molecule has 6 nitrogen and oxygen atoms in total. The molecule has 6 heteroatoms. The number of likely N-dealkylation sites (N-methyl/N-ethyl adjacent to an activating group) is 2. The van der Waals surface area contributed by atoms with Crippen molar-refractivity contribution in [1.82, 2.24) is 9.80 Å². The van der Waals surface area contributed by atoms with Crippen molar-refractivity contribution >= 4 is 17.7 Å². The number of nitrogens with two attached hydrogens (primary N) is 1. The maximum atomic E-state index is 11.1. The lowest BCUT2D eigenvalue weighted by atomic mass is 10.2. The summed E-state index contributed by atoms with van der Waals surface area (Å²) < 4.78 is 0. The van der Waals surface area contributed by atoms with E-state index in [1.54, 1.807) is 0 Å². The van der Waals surface area contributed by atoms with E-state index in [4.69, 9.17) is 5.73 Å². The van der Waals surface area contributed by atoms with E-state index in [0.29, 0.717) is 0 Å². The second-order valence-electron chi connectivity index (χ2n) is 2.96. The van der Waals surface area contributed by atoms with Gasteiger partial charge in [0.15, 0.2) is 6.17 Å². The Bertz CT molecular complexity index is 256. The third-order valence-corrected chi connectivity index (χ3v) is 2.08. The molecule has 0 aliphatic carbocycles. The van der Waals surface area contributed by atoms with Gasteiger partial charge in [0.25, 0.3) is 5.91 Å². The van der Waals surface area contributed by atoms with Crippen LogP contribution in [-0.4, -0.2) is 47.8 Å². The molecule has 1 rings (SSSR count). The Morgan fingerprint density at radius 1 is 1.31 bits per heavy atom. The molecule has 0 aromatic heterocycles. The summed E-state index contributed by atoms with van der Waals surface area (Å²) in [5.41, 5.74) is 5.05. The van der Waals surface area contributed by atoms with Gasteiger partial charge in [0.2, 0.25) is 11.8 Å². The fourth-order valence-electron chi connectivity index (χ4n) is 1.29. The Morgan fingerprint density at radius 3 is 2.00 bits per heavy atom. The molecule has 72 valence electrons. The van der Waals surface area contributed by atoms with E-state index in [1.165, 1.54) is 23.9 Å². The van der Waals surface area contributed by atoms with Crippen molar-refractivity contribution in [2.45, 2.75) is 12.6 Å². The van der Waals surface area contributed by atoms with Crippen LogP contribution in [-0.2, 0) is 14.4 Å². The van der Waals surface area contributed by atoms with Gasteiger partial charge in [-0.25, -0.2) is 0 Å². The third kappa shape index (κ3) is 1.47. The molecule has 0 spiro atoms. The molecule has 0 radical (unpaired) electrons. The Balaban J connectivity index is 2.95. The Kier molecular flexibility index (Phi) is 2.22. The van der Waals surface area contributed by atoms with Gasteiger partial charge >= 0.3 is 0 Å². The molecule has 0 saturated carbocycles. The highest BCUT2D eigenvalue weighted by molar-refractivity contribution is 6.03. The Hall–Kier alpha value is -1.59. The second kappa shape index (κ2) is 3.04. The third-order valence-electron chi connectivity index (χ3n) is 2.08. The van der Waals surface area contributed by atoms with Gasteiger partial charge < -0.3 is 15.5 Å². The summed E-state index contributed by atoms with van der Waals surface area (Å²) in [5, 5.41) is 0. The minimum atomic E-state index is -0.950. The maximum absolute atomic E-state index is 11.1. The van der Waals surface area contributed by atoms with E-state index in [9.17, 15) is 14.4 Å². The van der Waals surface area contributed by atoms with Gasteiger partial charge in [0, 0.05) is 14.1 Å². The van der Waals surface area contributed by atoms with Gasteiger partial charge in [0.1, 0.15) is 6.42 Å². The van der Waals surface area contributed by atoms with Crippen LogP contribution in [0.2, 0.25) is 0 Å². The van der Waals surface area contributed by atoms with Gasteiger partial charge in [-0.05, 0) is 0 Å². The summed E-state index contributed by atoms with van der Waals surface area (Å²) in [4.78, 5) is 35.5. The SMILES string of the molecule is CN1C(=O)CC(=O)N(C)C1C(N)=O. The summed E-state index contributed by atoms with van der Waals surface area (Å²) in [6, 6.07) is 0. The molecule has 0 atom stereocenters. The first-order valence-corrected chi connectivity index (χ1v) is 3.75.